The van der Waals surface area contributed by atoms with Gasteiger partial charge in [0.25, 0.3) is 0 Å². The van der Waals surface area contributed by atoms with Crippen molar-refractivity contribution in [2.24, 2.45) is 0 Å². The number of hydrogen-bond acceptors (Lipinski definition) is 4. The Morgan fingerprint density at radius 1 is 1.47 bits per heavy atom. The SMILES string of the molecule is CC(C)n1ncnc1CC(O)c1ccc(Br)o1. The lowest BCUT2D eigenvalue weighted by atomic mass is 10.2. The van der Waals surface area contributed by atoms with Crippen molar-refractivity contribution in [3.05, 3.63) is 34.7 Å². The molecule has 0 aromatic carbocycles. The minimum atomic E-state index is -0.706. The summed E-state index contributed by atoms with van der Waals surface area (Å²) in [5.74, 6) is 1.27. The van der Waals surface area contributed by atoms with Gasteiger partial charge in [0.2, 0.25) is 0 Å². The first-order chi connectivity index (χ1) is 8.08. The minimum Gasteiger partial charge on any atom is -0.452 e. The first-order valence-electron chi connectivity index (χ1n) is 5.39. The van der Waals surface area contributed by atoms with Gasteiger partial charge in [0.05, 0.1) is 0 Å². The molecule has 0 aliphatic carbocycles. The molecule has 1 unspecified atom stereocenters. The molecular weight excluding hydrogens is 286 g/mol. The van der Waals surface area contributed by atoms with Gasteiger partial charge in [0.15, 0.2) is 4.67 Å². The van der Waals surface area contributed by atoms with Crippen molar-refractivity contribution in [3.63, 3.8) is 0 Å². The van der Waals surface area contributed by atoms with E-state index < -0.39 is 6.10 Å². The van der Waals surface area contributed by atoms with Crippen molar-refractivity contribution < 1.29 is 9.52 Å². The van der Waals surface area contributed by atoms with Crippen LogP contribution in [0, 0.1) is 0 Å². The van der Waals surface area contributed by atoms with Crippen LogP contribution in [0.2, 0.25) is 0 Å². The molecular formula is C11H14BrN3O2. The van der Waals surface area contributed by atoms with Crippen LogP contribution in [0.25, 0.3) is 0 Å². The Kier molecular flexibility index (Phi) is 3.63. The van der Waals surface area contributed by atoms with Gasteiger partial charge in [-0.05, 0) is 41.9 Å². The second-order valence-corrected chi connectivity index (χ2v) is 4.86. The van der Waals surface area contributed by atoms with Crippen LogP contribution < -0.4 is 0 Å². The lowest BCUT2D eigenvalue weighted by Gasteiger charge is -2.11. The molecule has 92 valence electrons. The van der Waals surface area contributed by atoms with Crippen molar-refractivity contribution in [2.75, 3.05) is 0 Å². The lowest BCUT2D eigenvalue weighted by molar-refractivity contribution is 0.144. The Bertz CT molecular complexity index is 492. The molecule has 2 heterocycles. The predicted octanol–water partition coefficient (Wildman–Crippen LogP) is 2.49. The molecule has 0 aliphatic heterocycles. The molecule has 1 atom stereocenters. The third-order valence-corrected chi connectivity index (χ3v) is 2.86. The molecule has 2 aromatic heterocycles. The standard InChI is InChI=1S/C11H14BrN3O2/c1-7(2)15-11(13-6-14-15)5-8(16)9-3-4-10(12)17-9/h3-4,6-8,16H,5H2,1-2H3. The summed E-state index contributed by atoms with van der Waals surface area (Å²) in [5, 5.41) is 14.1. The van der Waals surface area contributed by atoms with Crippen molar-refractivity contribution in [3.8, 4) is 0 Å². The van der Waals surface area contributed by atoms with E-state index in [1.54, 1.807) is 16.8 Å². The Labute approximate surface area is 108 Å². The van der Waals surface area contributed by atoms with Gasteiger partial charge in [-0.1, -0.05) is 0 Å². The van der Waals surface area contributed by atoms with Crippen LogP contribution in [0.5, 0.6) is 0 Å². The average molecular weight is 300 g/mol. The third kappa shape index (κ3) is 2.76. The van der Waals surface area contributed by atoms with Gasteiger partial charge < -0.3 is 9.52 Å². The molecule has 0 saturated heterocycles. The van der Waals surface area contributed by atoms with E-state index in [0.717, 1.165) is 5.82 Å². The van der Waals surface area contributed by atoms with Gasteiger partial charge in [-0.15, -0.1) is 0 Å². The summed E-state index contributed by atoms with van der Waals surface area (Å²) in [7, 11) is 0. The van der Waals surface area contributed by atoms with Crippen LogP contribution >= 0.6 is 15.9 Å². The summed E-state index contributed by atoms with van der Waals surface area (Å²) >= 11 is 3.21. The molecule has 0 aliphatic rings. The molecule has 2 aromatic rings. The van der Waals surface area contributed by atoms with Gasteiger partial charge in [0.1, 0.15) is 24.0 Å². The monoisotopic (exact) mass is 299 g/mol. The highest BCUT2D eigenvalue weighted by Crippen LogP contribution is 2.23. The van der Waals surface area contributed by atoms with Crippen LogP contribution in [0.1, 0.15) is 37.6 Å². The number of rotatable bonds is 4. The van der Waals surface area contributed by atoms with Crippen LogP contribution in [0.4, 0.5) is 0 Å². The molecule has 0 saturated carbocycles. The summed E-state index contributed by atoms with van der Waals surface area (Å²) in [5.41, 5.74) is 0. The van der Waals surface area contributed by atoms with Gasteiger partial charge in [-0.2, -0.15) is 5.10 Å². The van der Waals surface area contributed by atoms with Crippen LogP contribution in [0.3, 0.4) is 0 Å². The van der Waals surface area contributed by atoms with Crippen LogP contribution in [-0.4, -0.2) is 19.9 Å². The number of halogens is 1. The zero-order valence-electron chi connectivity index (χ0n) is 9.67. The Morgan fingerprint density at radius 2 is 2.24 bits per heavy atom. The van der Waals surface area contributed by atoms with Crippen molar-refractivity contribution in [1.82, 2.24) is 14.8 Å². The van der Waals surface area contributed by atoms with E-state index in [-0.39, 0.29) is 6.04 Å². The summed E-state index contributed by atoms with van der Waals surface area (Å²) < 4.78 is 7.70. The van der Waals surface area contributed by atoms with E-state index >= 15 is 0 Å². The fraction of sp³-hybridized carbons (Fsp3) is 0.455. The highest BCUT2D eigenvalue weighted by atomic mass is 79.9. The van der Waals surface area contributed by atoms with Crippen LogP contribution in [-0.2, 0) is 6.42 Å². The van der Waals surface area contributed by atoms with Gasteiger partial charge in [-0.3, -0.25) is 0 Å². The Morgan fingerprint density at radius 3 is 2.82 bits per heavy atom. The predicted molar refractivity (Wildman–Crippen MR) is 65.5 cm³/mol. The number of furan rings is 1. The number of nitrogens with zero attached hydrogens (tertiary/aromatic N) is 3. The molecule has 0 bridgehead atoms. The molecule has 5 nitrogen and oxygen atoms in total. The van der Waals surface area contributed by atoms with Crippen molar-refractivity contribution in [2.45, 2.75) is 32.4 Å². The fourth-order valence-corrected chi connectivity index (χ4v) is 1.95. The molecule has 0 spiro atoms. The highest BCUT2D eigenvalue weighted by Gasteiger charge is 2.17. The zero-order valence-corrected chi connectivity index (χ0v) is 11.3. The molecule has 17 heavy (non-hydrogen) atoms. The first-order valence-corrected chi connectivity index (χ1v) is 6.19. The molecule has 0 radical (unpaired) electrons. The highest BCUT2D eigenvalue weighted by molar-refractivity contribution is 9.10. The molecule has 1 N–H and O–H groups in total. The third-order valence-electron chi connectivity index (χ3n) is 2.43. The van der Waals surface area contributed by atoms with Crippen LogP contribution in [0.15, 0.2) is 27.5 Å². The Hall–Kier alpha value is -1.14. The summed E-state index contributed by atoms with van der Waals surface area (Å²) in [4.78, 5) is 4.15. The van der Waals surface area contributed by atoms with E-state index in [9.17, 15) is 5.11 Å². The number of hydrogen-bond donors (Lipinski definition) is 1. The number of aliphatic hydroxyl groups excluding tert-OH is 1. The second-order valence-electron chi connectivity index (χ2n) is 4.08. The van der Waals surface area contributed by atoms with E-state index in [2.05, 4.69) is 26.0 Å². The quantitative estimate of drug-likeness (QED) is 0.942. The largest absolute Gasteiger partial charge is 0.452 e. The second kappa shape index (κ2) is 5.01. The maximum Gasteiger partial charge on any atom is 0.169 e. The number of aliphatic hydroxyl groups is 1. The van der Waals surface area contributed by atoms with E-state index in [1.807, 2.05) is 13.8 Å². The summed E-state index contributed by atoms with van der Waals surface area (Å²) in [6, 6.07) is 3.72. The summed E-state index contributed by atoms with van der Waals surface area (Å²) in [6.45, 7) is 4.04. The van der Waals surface area contributed by atoms with Crippen molar-refractivity contribution in [1.29, 1.82) is 0 Å². The lowest BCUT2D eigenvalue weighted by Crippen LogP contribution is -2.11. The normalized spacial score (nSPS) is 13.2. The van der Waals surface area contributed by atoms with E-state index in [4.69, 9.17) is 4.42 Å². The van der Waals surface area contributed by atoms with E-state index in [1.165, 1.54) is 6.33 Å². The van der Waals surface area contributed by atoms with E-state index in [0.29, 0.717) is 16.9 Å². The van der Waals surface area contributed by atoms with Gasteiger partial charge >= 0.3 is 0 Å². The fourth-order valence-electron chi connectivity index (χ4n) is 1.63. The van der Waals surface area contributed by atoms with Gasteiger partial charge in [0, 0.05) is 12.5 Å². The topological polar surface area (TPSA) is 64.1 Å². The zero-order chi connectivity index (χ0) is 12.4. The maximum absolute atomic E-state index is 10.0. The Balaban J connectivity index is 2.13. The molecule has 0 fully saturated rings. The average Bonchev–Trinajstić information content (AvgIpc) is 2.86. The molecule has 0 amide bonds. The number of aromatic nitrogens is 3. The minimum absolute atomic E-state index is 0.225. The maximum atomic E-state index is 10.0. The first kappa shape index (κ1) is 12.3. The summed E-state index contributed by atoms with van der Waals surface area (Å²) in [6.07, 6.45) is 1.18. The molecule has 2 rings (SSSR count). The van der Waals surface area contributed by atoms with Gasteiger partial charge in [-0.25, -0.2) is 9.67 Å². The molecule has 6 heteroatoms. The smallest absolute Gasteiger partial charge is 0.169 e. The van der Waals surface area contributed by atoms with Crippen molar-refractivity contribution >= 4 is 15.9 Å².